The first-order chi connectivity index (χ1) is 12.0. The van der Waals surface area contributed by atoms with Crippen molar-refractivity contribution in [2.75, 3.05) is 37.7 Å². The Bertz CT molecular complexity index is 710. The highest BCUT2D eigenvalue weighted by atomic mass is 35.5. The maximum atomic E-state index is 12.7. The molecule has 0 spiro atoms. The largest absolute Gasteiger partial charge is 0.365 e. The molecule has 0 bridgehead atoms. The number of aromatic nitrogens is 1. The van der Waals surface area contributed by atoms with Crippen molar-refractivity contribution in [1.82, 2.24) is 9.88 Å². The van der Waals surface area contributed by atoms with E-state index >= 15 is 0 Å². The number of nitriles is 1. The maximum absolute atomic E-state index is 12.7. The third-order valence-corrected chi connectivity index (χ3v) is 5.50. The fourth-order valence-electron chi connectivity index (χ4n) is 3.48. The van der Waals surface area contributed by atoms with Crippen LogP contribution >= 0.6 is 11.6 Å². The molecular weight excluding hydrogens is 340 g/mol. The zero-order valence-corrected chi connectivity index (χ0v) is 15.5. The Morgan fingerprint density at radius 1 is 1.28 bits per heavy atom. The Kier molecular flexibility index (Phi) is 5.45. The van der Waals surface area contributed by atoms with Crippen LogP contribution in [0.25, 0.3) is 0 Å². The Balaban J connectivity index is 1.82. The van der Waals surface area contributed by atoms with Crippen LogP contribution in [0.5, 0.6) is 0 Å². The van der Waals surface area contributed by atoms with Crippen LogP contribution in [-0.2, 0) is 9.53 Å². The van der Waals surface area contributed by atoms with Gasteiger partial charge in [-0.15, -0.1) is 0 Å². The van der Waals surface area contributed by atoms with Crippen molar-refractivity contribution >= 4 is 23.3 Å². The minimum Gasteiger partial charge on any atom is -0.365 e. The van der Waals surface area contributed by atoms with E-state index in [-0.39, 0.29) is 5.91 Å². The van der Waals surface area contributed by atoms with Gasteiger partial charge in [-0.1, -0.05) is 11.6 Å². The standard InChI is InChI=1S/C18H23ClN4O2/c1-12-14(10-20)17(21-13(2)16(12)19)23-8-9-25-15(11-23)18(24)22-6-4-3-5-7-22/h15H,3-9,11H2,1-2H3. The third kappa shape index (κ3) is 3.58. The van der Waals surface area contributed by atoms with Gasteiger partial charge in [-0.2, -0.15) is 5.26 Å². The van der Waals surface area contributed by atoms with Crippen molar-refractivity contribution in [3.05, 3.63) is 21.8 Å². The molecule has 1 aromatic rings. The zero-order valence-electron chi connectivity index (χ0n) is 14.7. The minimum atomic E-state index is -0.503. The molecule has 2 fully saturated rings. The number of piperidine rings is 1. The molecule has 0 aromatic carbocycles. The molecule has 3 rings (SSSR count). The normalized spacial score (nSPS) is 21.1. The highest BCUT2D eigenvalue weighted by Crippen LogP contribution is 2.30. The van der Waals surface area contributed by atoms with Gasteiger partial charge in [0.2, 0.25) is 0 Å². The van der Waals surface area contributed by atoms with E-state index in [1.165, 1.54) is 6.42 Å². The minimum absolute atomic E-state index is 0.0466. The number of aryl methyl sites for hydroxylation is 1. The third-order valence-electron chi connectivity index (χ3n) is 4.94. The van der Waals surface area contributed by atoms with E-state index in [1.807, 2.05) is 23.6 Å². The summed E-state index contributed by atoms with van der Waals surface area (Å²) < 4.78 is 5.73. The number of hydrogen-bond donors (Lipinski definition) is 0. The summed E-state index contributed by atoms with van der Waals surface area (Å²) in [4.78, 5) is 21.1. The lowest BCUT2D eigenvalue weighted by atomic mass is 10.1. The monoisotopic (exact) mass is 362 g/mol. The Morgan fingerprint density at radius 2 is 2.00 bits per heavy atom. The molecule has 0 N–H and O–H groups in total. The molecule has 1 unspecified atom stereocenters. The first-order valence-electron chi connectivity index (χ1n) is 8.75. The number of hydrogen-bond acceptors (Lipinski definition) is 5. The lowest BCUT2D eigenvalue weighted by Crippen LogP contribution is -2.52. The molecule has 6 nitrogen and oxygen atoms in total. The fraction of sp³-hybridized carbons (Fsp3) is 0.611. The second-order valence-corrected chi connectivity index (χ2v) is 7.02. The van der Waals surface area contributed by atoms with E-state index in [2.05, 4.69) is 11.1 Å². The van der Waals surface area contributed by atoms with Crippen molar-refractivity contribution in [3.63, 3.8) is 0 Å². The molecule has 1 atom stereocenters. The van der Waals surface area contributed by atoms with Gasteiger partial charge in [0.15, 0.2) is 6.10 Å². The maximum Gasteiger partial charge on any atom is 0.253 e. The second-order valence-electron chi connectivity index (χ2n) is 6.64. The van der Waals surface area contributed by atoms with Crippen LogP contribution < -0.4 is 4.90 Å². The molecule has 1 amide bonds. The van der Waals surface area contributed by atoms with Crippen molar-refractivity contribution in [1.29, 1.82) is 5.26 Å². The summed E-state index contributed by atoms with van der Waals surface area (Å²) in [5, 5.41) is 10.1. The molecule has 25 heavy (non-hydrogen) atoms. The van der Waals surface area contributed by atoms with Crippen LogP contribution in [-0.4, -0.2) is 54.7 Å². The van der Waals surface area contributed by atoms with Gasteiger partial charge in [-0.05, 0) is 38.7 Å². The number of morpholine rings is 1. The summed E-state index contributed by atoms with van der Waals surface area (Å²) in [6.45, 7) is 6.73. The summed E-state index contributed by atoms with van der Waals surface area (Å²) in [6, 6.07) is 2.21. The van der Waals surface area contributed by atoms with E-state index in [9.17, 15) is 10.1 Å². The number of halogens is 1. The van der Waals surface area contributed by atoms with Gasteiger partial charge in [0, 0.05) is 19.6 Å². The Labute approximate surface area is 153 Å². The van der Waals surface area contributed by atoms with Crippen molar-refractivity contribution < 1.29 is 9.53 Å². The van der Waals surface area contributed by atoms with Gasteiger partial charge in [-0.25, -0.2) is 4.98 Å². The molecule has 2 saturated heterocycles. The topological polar surface area (TPSA) is 69.5 Å². The number of carbonyl (C=O) groups excluding carboxylic acids is 1. The molecule has 0 radical (unpaired) electrons. The molecule has 134 valence electrons. The molecular formula is C18H23ClN4O2. The van der Waals surface area contributed by atoms with E-state index in [1.54, 1.807) is 0 Å². The number of rotatable bonds is 2. The van der Waals surface area contributed by atoms with Gasteiger partial charge in [0.1, 0.15) is 11.9 Å². The average Bonchev–Trinajstić information content (AvgIpc) is 2.66. The van der Waals surface area contributed by atoms with Crippen LogP contribution in [0.3, 0.4) is 0 Å². The highest BCUT2D eigenvalue weighted by molar-refractivity contribution is 6.32. The molecule has 2 aliphatic heterocycles. The predicted octanol–water partition coefficient (Wildman–Crippen LogP) is 2.44. The Morgan fingerprint density at radius 3 is 2.68 bits per heavy atom. The summed E-state index contributed by atoms with van der Waals surface area (Å²) in [7, 11) is 0. The highest BCUT2D eigenvalue weighted by Gasteiger charge is 2.32. The number of likely N-dealkylation sites (tertiary alicyclic amines) is 1. The first-order valence-corrected chi connectivity index (χ1v) is 9.13. The zero-order chi connectivity index (χ0) is 18.0. The lowest BCUT2D eigenvalue weighted by Gasteiger charge is -2.37. The summed E-state index contributed by atoms with van der Waals surface area (Å²) in [6.07, 6.45) is 2.78. The van der Waals surface area contributed by atoms with Gasteiger partial charge in [0.25, 0.3) is 5.91 Å². The van der Waals surface area contributed by atoms with E-state index in [0.29, 0.717) is 41.8 Å². The SMILES string of the molecule is Cc1nc(N2CCOC(C(=O)N3CCCCC3)C2)c(C#N)c(C)c1Cl. The number of nitrogens with zero attached hydrogens (tertiary/aromatic N) is 4. The van der Waals surface area contributed by atoms with Crippen LogP contribution in [0.4, 0.5) is 5.82 Å². The summed E-state index contributed by atoms with van der Waals surface area (Å²) in [5.74, 6) is 0.645. The molecule has 3 heterocycles. The predicted molar refractivity (Wildman–Crippen MR) is 95.8 cm³/mol. The molecule has 0 saturated carbocycles. The number of ether oxygens (including phenoxy) is 1. The smallest absolute Gasteiger partial charge is 0.253 e. The van der Waals surface area contributed by atoms with Crippen LogP contribution in [0.15, 0.2) is 0 Å². The Hall–Kier alpha value is -1.84. The van der Waals surface area contributed by atoms with Crippen LogP contribution in [0.2, 0.25) is 5.02 Å². The molecule has 0 aliphatic carbocycles. The lowest BCUT2D eigenvalue weighted by molar-refractivity contribution is -0.145. The van der Waals surface area contributed by atoms with Crippen LogP contribution in [0, 0.1) is 25.2 Å². The average molecular weight is 363 g/mol. The molecule has 1 aromatic heterocycles. The van der Waals surface area contributed by atoms with E-state index in [0.717, 1.165) is 31.5 Å². The number of anilines is 1. The van der Waals surface area contributed by atoms with Gasteiger partial charge in [-0.3, -0.25) is 4.79 Å². The van der Waals surface area contributed by atoms with Gasteiger partial charge < -0.3 is 14.5 Å². The van der Waals surface area contributed by atoms with Crippen LogP contribution in [0.1, 0.15) is 36.1 Å². The van der Waals surface area contributed by atoms with E-state index in [4.69, 9.17) is 16.3 Å². The first kappa shape index (κ1) is 18.0. The summed E-state index contributed by atoms with van der Waals surface area (Å²) >= 11 is 6.24. The van der Waals surface area contributed by atoms with Crippen molar-refractivity contribution in [2.45, 2.75) is 39.2 Å². The summed E-state index contributed by atoms with van der Waals surface area (Å²) in [5.41, 5.74) is 1.90. The molecule has 7 heteroatoms. The number of pyridine rings is 1. The second kappa shape index (κ2) is 7.59. The quantitative estimate of drug-likeness (QED) is 0.808. The van der Waals surface area contributed by atoms with Gasteiger partial charge in [0.05, 0.1) is 29.4 Å². The van der Waals surface area contributed by atoms with Crippen molar-refractivity contribution in [2.24, 2.45) is 0 Å². The fourth-order valence-corrected chi connectivity index (χ4v) is 3.62. The molecule has 2 aliphatic rings. The van der Waals surface area contributed by atoms with Gasteiger partial charge >= 0.3 is 0 Å². The number of carbonyl (C=O) groups is 1. The van der Waals surface area contributed by atoms with Crippen molar-refractivity contribution in [3.8, 4) is 6.07 Å². The number of amides is 1. The van der Waals surface area contributed by atoms with E-state index < -0.39 is 6.10 Å².